The second-order valence-corrected chi connectivity index (χ2v) is 4.88. The quantitative estimate of drug-likeness (QED) is 0.792. The first-order chi connectivity index (χ1) is 10.3. The zero-order valence-electron chi connectivity index (χ0n) is 11.7. The van der Waals surface area contributed by atoms with Crippen LogP contribution in [0.2, 0.25) is 0 Å². The van der Waals surface area contributed by atoms with E-state index in [1.165, 1.54) is 5.56 Å². The third kappa shape index (κ3) is 2.84. The van der Waals surface area contributed by atoms with Crippen molar-refractivity contribution < 1.29 is 19.0 Å². The molecular weight excluding hydrogens is 268 g/mol. The second kappa shape index (κ2) is 5.87. The molecule has 2 aromatic rings. The highest BCUT2D eigenvalue weighted by atomic mass is 16.5. The summed E-state index contributed by atoms with van der Waals surface area (Å²) in [6.45, 7) is 0.405. The molecule has 0 spiro atoms. The van der Waals surface area contributed by atoms with Gasteiger partial charge in [0.1, 0.15) is 30.0 Å². The molecule has 2 aromatic carbocycles. The van der Waals surface area contributed by atoms with E-state index in [9.17, 15) is 4.79 Å². The van der Waals surface area contributed by atoms with Crippen molar-refractivity contribution in [2.75, 3.05) is 13.7 Å². The Labute approximate surface area is 123 Å². The van der Waals surface area contributed by atoms with Gasteiger partial charge < -0.3 is 14.2 Å². The number of para-hydroxylation sites is 1. The number of fused-ring (bicyclic) bond motifs is 1. The fourth-order valence-corrected chi connectivity index (χ4v) is 2.41. The fourth-order valence-electron chi connectivity index (χ4n) is 2.41. The molecule has 1 aliphatic rings. The van der Waals surface area contributed by atoms with Gasteiger partial charge in [0, 0.05) is 6.42 Å². The number of aldehydes is 1. The summed E-state index contributed by atoms with van der Waals surface area (Å²) < 4.78 is 16.6. The number of ether oxygens (including phenoxy) is 3. The number of carbonyl (C=O) groups excluding carboxylic acids is 1. The van der Waals surface area contributed by atoms with Crippen LogP contribution in [-0.4, -0.2) is 26.1 Å². The van der Waals surface area contributed by atoms with E-state index in [2.05, 4.69) is 6.07 Å². The minimum Gasteiger partial charge on any atom is -0.497 e. The molecule has 1 heterocycles. The average molecular weight is 284 g/mol. The number of rotatable bonds is 5. The molecule has 4 nitrogen and oxygen atoms in total. The van der Waals surface area contributed by atoms with Crippen LogP contribution in [0.3, 0.4) is 0 Å². The Morgan fingerprint density at radius 3 is 2.90 bits per heavy atom. The zero-order chi connectivity index (χ0) is 14.7. The zero-order valence-corrected chi connectivity index (χ0v) is 11.7. The van der Waals surface area contributed by atoms with Gasteiger partial charge in [-0.1, -0.05) is 18.2 Å². The van der Waals surface area contributed by atoms with Gasteiger partial charge in [0.05, 0.1) is 12.7 Å². The molecule has 1 aliphatic heterocycles. The van der Waals surface area contributed by atoms with Crippen molar-refractivity contribution in [2.24, 2.45) is 0 Å². The van der Waals surface area contributed by atoms with Crippen molar-refractivity contribution in [2.45, 2.75) is 12.5 Å². The number of methoxy groups -OCH3 is 1. The van der Waals surface area contributed by atoms with Crippen molar-refractivity contribution in [3.63, 3.8) is 0 Å². The van der Waals surface area contributed by atoms with Crippen LogP contribution in [0, 0.1) is 0 Å². The van der Waals surface area contributed by atoms with E-state index in [1.54, 1.807) is 25.3 Å². The molecule has 0 radical (unpaired) electrons. The van der Waals surface area contributed by atoms with E-state index in [0.29, 0.717) is 23.7 Å². The van der Waals surface area contributed by atoms with Crippen LogP contribution < -0.4 is 14.2 Å². The van der Waals surface area contributed by atoms with Crippen molar-refractivity contribution in [1.82, 2.24) is 0 Å². The molecule has 21 heavy (non-hydrogen) atoms. The first kappa shape index (κ1) is 13.5. The van der Waals surface area contributed by atoms with Crippen LogP contribution in [0.4, 0.5) is 0 Å². The summed E-state index contributed by atoms with van der Waals surface area (Å²) in [5.41, 5.74) is 1.67. The third-order valence-corrected chi connectivity index (χ3v) is 3.48. The summed E-state index contributed by atoms with van der Waals surface area (Å²) in [5.74, 6) is 2.09. The van der Waals surface area contributed by atoms with Gasteiger partial charge in [-0.05, 0) is 29.8 Å². The SMILES string of the molecule is COc1ccc(OCC2Cc3ccccc3O2)c(C=O)c1. The molecule has 0 bridgehead atoms. The minimum absolute atomic E-state index is 0.0241. The lowest BCUT2D eigenvalue weighted by molar-refractivity contribution is 0.111. The summed E-state index contributed by atoms with van der Waals surface area (Å²) >= 11 is 0. The Bertz CT molecular complexity index is 626. The van der Waals surface area contributed by atoms with Crippen LogP contribution in [0.5, 0.6) is 17.2 Å². The lowest BCUT2D eigenvalue weighted by Gasteiger charge is -2.14. The van der Waals surface area contributed by atoms with Crippen molar-refractivity contribution in [3.8, 4) is 17.2 Å². The standard InChI is InChI=1S/C17H16O4/c1-19-14-6-7-16(13(9-14)10-18)20-11-15-8-12-4-2-3-5-17(12)21-15/h2-7,9-10,15H,8,11H2,1H3. The van der Waals surface area contributed by atoms with Gasteiger partial charge in [0.25, 0.3) is 0 Å². The van der Waals surface area contributed by atoms with Gasteiger partial charge in [0.2, 0.25) is 0 Å². The largest absolute Gasteiger partial charge is 0.497 e. The highest BCUT2D eigenvalue weighted by Gasteiger charge is 2.23. The number of carbonyl (C=O) groups is 1. The summed E-state index contributed by atoms with van der Waals surface area (Å²) in [6.07, 6.45) is 1.56. The maximum Gasteiger partial charge on any atom is 0.153 e. The lowest BCUT2D eigenvalue weighted by Crippen LogP contribution is -2.22. The summed E-state index contributed by atoms with van der Waals surface area (Å²) in [5, 5.41) is 0. The van der Waals surface area contributed by atoms with Gasteiger partial charge in [-0.2, -0.15) is 0 Å². The Hall–Kier alpha value is -2.49. The molecule has 1 unspecified atom stereocenters. The minimum atomic E-state index is -0.0241. The first-order valence-corrected chi connectivity index (χ1v) is 6.80. The number of benzene rings is 2. The summed E-state index contributed by atoms with van der Waals surface area (Å²) in [4.78, 5) is 11.1. The van der Waals surface area contributed by atoms with Crippen LogP contribution in [0.1, 0.15) is 15.9 Å². The predicted molar refractivity (Wildman–Crippen MR) is 78.4 cm³/mol. The molecule has 0 N–H and O–H groups in total. The van der Waals surface area contributed by atoms with E-state index in [4.69, 9.17) is 14.2 Å². The normalized spacial score (nSPS) is 16.0. The molecule has 1 atom stereocenters. The molecule has 4 heteroatoms. The molecule has 0 saturated heterocycles. The topological polar surface area (TPSA) is 44.8 Å². The van der Waals surface area contributed by atoms with Gasteiger partial charge >= 0.3 is 0 Å². The number of hydrogen-bond donors (Lipinski definition) is 0. The van der Waals surface area contributed by atoms with Gasteiger partial charge in [0.15, 0.2) is 6.29 Å². The second-order valence-electron chi connectivity index (χ2n) is 4.88. The molecule has 0 aliphatic carbocycles. The molecule has 0 saturated carbocycles. The molecule has 0 amide bonds. The Morgan fingerprint density at radius 1 is 1.29 bits per heavy atom. The van der Waals surface area contributed by atoms with Gasteiger partial charge in [-0.3, -0.25) is 4.79 Å². The summed E-state index contributed by atoms with van der Waals surface area (Å²) in [7, 11) is 1.56. The van der Waals surface area contributed by atoms with Crippen molar-refractivity contribution in [1.29, 1.82) is 0 Å². The maximum absolute atomic E-state index is 11.1. The highest BCUT2D eigenvalue weighted by Crippen LogP contribution is 2.29. The van der Waals surface area contributed by atoms with E-state index in [0.717, 1.165) is 18.5 Å². The average Bonchev–Trinajstić information content (AvgIpc) is 2.95. The molecule has 3 rings (SSSR count). The molecule has 108 valence electrons. The maximum atomic E-state index is 11.1. The van der Waals surface area contributed by atoms with E-state index < -0.39 is 0 Å². The predicted octanol–water partition coefficient (Wildman–Crippen LogP) is 2.89. The van der Waals surface area contributed by atoms with Gasteiger partial charge in [-0.15, -0.1) is 0 Å². The van der Waals surface area contributed by atoms with Crippen LogP contribution in [0.25, 0.3) is 0 Å². The first-order valence-electron chi connectivity index (χ1n) is 6.80. The van der Waals surface area contributed by atoms with Crippen molar-refractivity contribution in [3.05, 3.63) is 53.6 Å². The molecule has 0 fully saturated rings. The monoisotopic (exact) mass is 284 g/mol. The fraction of sp³-hybridized carbons (Fsp3) is 0.235. The molecular formula is C17H16O4. The van der Waals surface area contributed by atoms with Crippen LogP contribution in [0.15, 0.2) is 42.5 Å². The number of hydrogen-bond acceptors (Lipinski definition) is 4. The Morgan fingerprint density at radius 2 is 2.14 bits per heavy atom. The Kier molecular flexibility index (Phi) is 3.77. The van der Waals surface area contributed by atoms with E-state index in [-0.39, 0.29) is 6.10 Å². The third-order valence-electron chi connectivity index (χ3n) is 3.48. The smallest absolute Gasteiger partial charge is 0.153 e. The van der Waals surface area contributed by atoms with Crippen molar-refractivity contribution >= 4 is 6.29 Å². The van der Waals surface area contributed by atoms with E-state index in [1.807, 2.05) is 18.2 Å². The van der Waals surface area contributed by atoms with E-state index >= 15 is 0 Å². The molecule has 0 aromatic heterocycles. The highest BCUT2D eigenvalue weighted by molar-refractivity contribution is 5.80. The van der Waals surface area contributed by atoms with Crippen LogP contribution >= 0.6 is 0 Å². The Balaban J connectivity index is 1.65. The lowest BCUT2D eigenvalue weighted by atomic mass is 10.1. The van der Waals surface area contributed by atoms with Gasteiger partial charge in [-0.25, -0.2) is 0 Å². The summed E-state index contributed by atoms with van der Waals surface area (Å²) in [6, 6.07) is 13.1. The van der Waals surface area contributed by atoms with Crippen LogP contribution in [-0.2, 0) is 6.42 Å².